The zero-order valence-electron chi connectivity index (χ0n) is 5.29. The Bertz CT molecular complexity index is 252. The van der Waals surface area contributed by atoms with Crippen LogP contribution in [-0.2, 0) is 4.79 Å². The van der Waals surface area contributed by atoms with Crippen LogP contribution in [-0.4, -0.2) is 26.7 Å². The summed E-state index contributed by atoms with van der Waals surface area (Å²) in [6, 6.07) is 0. The van der Waals surface area contributed by atoms with E-state index in [4.69, 9.17) is 0 Å². The van der Waals surface area contributed by atoms with Gasteiger partial charge in [-0.2, -0.15) is 5.10 Å². The molecule has 0 unspecified atom stereocenters. The lowest BCUT2D eigenvalue weighted by Gasteiger charge is -1.84. The molecule has 0 aromatic carbocycles. The summed E-state index contributed by atoms with van der Waals surface area (Å²) in [6.45, 7) is 1.19. The Labute approximate surface area is 56.5 Å². The van der Waals surface area contributed by atoms with Crippen LogP contribution in [0.3, 0.4) is 0 Å². The topological polar surface area (TPSA) is 75.7 Å². The maximum Gasteiger partial charge on any atom is 0.264 e. The monoisotopic (exact) mass is 139 g/mol. The van der Waals surface area contributed by atoms with Crippen LogP contribution in [0.2, 0.25) is 0 Å². The van der Waals surface area contributed by atoms with Crippen LogP contribution in [0, 0.1) is 0 Å². The van der Waals surface area contributed by atoms with Crippen molar-refractivity contribution in [2.75, 3.05) is 0 Å². The molecule has 0 saturated carbocycles. The lowest BCUT2D eigenvalue weighted by Crippen LogP contribution is -2.11. The molecule has 0 aliphatic rings. The Hall–Kier alpha value is -1.52. The second-order valence-electron chi connectivity index (χ2n) is 1.72. The SMILES string of the molecule is CC(=O)C(=O)c1ncn[nH]1. The fourth-order valence-corrected chi connectivity index (χ4v) is 0.482. The van der Waals surface area contributed by atoms with E-state index >= 15 is 0 Å². The average Bonchev–Trinajstić information content (AvgIpc) is 2.36. The van der Waals surface area contributed by atoms with E-state index in [1.807, 2.05) is 0 Å². The van der Waals surface area contributed by atoms with E-state index < -0.39 is 11.6 Å². The molecule has 1 rings (SSSR count). The molecule has 0 spiro atoms. The number of rotatable bonds is 2. The van der Waals surface area contributed by atoms with E-state index in [1.54, 1.807) is 0 Å². The van der Waals surface area contributed by atoms with Crippen LogP contribution < -0.4 is 0 Å². The lowest BCUT2D eigenvalue weighted by molar-refractivity contribution is -0.113. The third-order valence-electron chi connectivity index (χ3n) is 0.950. The molecule has 52 valence electrons. The third kappa shape index (κ3) is 1.07. The van der Waals surface area contributed by atoms with Crippen molar-refractivity contribution >= 4 is 11.6 Å². The minimum Gasteiger partial charge on any atom is -0.291 e. The van der Waals surface area contributed by atoms with Crippen molar-refractivity contribution in [3.8, 4) is 0 Å². The summed E-state index contributed by atoms with van der Waals surface area (Å²) in [5.74, 6) is -1.19. The predicted octanol–water partition coefficient (Wildman–Crippen LogP) is -0.424. The van der Waals surface area contributed by atoms with Gasteiger partial charge in [-0.25, -0.2) is 4.98 Å². The number of H-pyrrole nitrogens is 1. The van der Waals surface area contributed by atoms with E-state index in [1.165, 1.54) is 13.3 Å². The quantitative estimate of drug-likeness (QED) is 0.445. The third-order valence-corrected chi connectivity index (χ3v) is 0.950. The van der Waals surface area contributed by atoms with Crippen molar-refractivity contribution < 1.29 is 9.59 Å². The summed E-state index contributed by atoms with van der Waals surface area (Å²) < 4.78 is 0. The smallest absolute Gasteiger partial charge is 0.264 e. The summed E-state index contributed by atoms with van der Waals surface area (Å²) in [5.41, 5.74) is 0. The van der Waals surface area contributed by atoms with E-state index in [-0.39, 0.29) is 5.82 Å². The normalized spacial score (nSPS) is 9.30. The van der Waals surface area contributed by atoms with Gasteiger partial charge in [0, 0.05) is 6.92 Å². The maximum absolute atomic E-state index is 10.7. The van der Waals surface area contributed by atoms with Gasteiger partial charge in [0.1, 0.15) is 6.33 Å². The van der Waals surface area contributed by atoms with Crippen LogP contribution in [0.25, 0.3) is 0 Å². The van der Waals surface area contributed by atoms with Crippen molar-refractivity contribution in [3.63, 3.8) is 0 Å². The molecule has 0 fully saturated rings. The first-order chi connectivity index (χ1) is 4.72. The maximum atomic E-state index is 10.7. The van der Waals surface area contributed by atoms with Crippen LogP contribution in [0.1, 0.15) is 17.5 Å². The van der Waals surface area contributed by atoms with Gasteiger partial charge >= 0.3 is 0 Å². The molecule has 0 aliphatic heterocycles. The first kappa shape index (κ1) is 6.60. The number of aromatic nitrogens is 3. The van der Waals surface area contributed by atoms with E-state index in [0.717, 1.165) is 0 Å². The number of carbonyl (C=O) groups is 2. The molecule has 0 radical (unpaired) electrons. The number of nitrogens with one attached hydrogen (secondary N) is 1. The highest BCUT2D eigenvalue weighted by Crippen LogP contribution is 1.88. The van der Waals surface area contributed by atoms with Gasteiger partial charge in [0.05, 0.1) is 0 Å². The molecular formula is C5H5N3O2. The van der Waals surface area contributed by atoms with Crippen LogP contribution >= 0.6 is 0 Å². The molecule has 1 aromatic heterocycles. The highest BCUT2D eigenvalue weighted by Gasteiger charge is 2.12. The van der Waals surface area contributed by atoms with Gasteiger partial charge in [-0.1, -0.05) is 0 Å². The highest BCUT2D eigenvalue weighted by molar-refractivity contribution is 6.41. The molecule has 0 aliphatic carbocycles. The van der Waals surface area contributed by atoms with Crippen molar-refractivity contribution in [2.24, 2.45) is 0 Å². The first-order valence-electron chi connectivity index (χ1n) is 2.62. The zero-order chi connectivity index (χ0) is 7.56. The predicted molar refractivity (Wildman–Crippen MR) is 31.4 cm³/mol. The molecule has 10 heavy (non-hydrogen) atoms. The van der Waals surface area contributed by atoms with Gasteiger partial charge in [0.25, 0.3) is 5.78 Å². The van der Waals surface area contributed by atoms with E-state index in [2.05, 4.69) is 15.2 Å². The molecule has 1 aromatic rings. The number of hydrogen-bond acceptors (Lipinski definition) is 4. The highest BCUT2D eigenvalue weighted by atomic mass is 16.2. The lowest BCUT2D eigenvalue weighted by atomic mass is 10.3. The summed E-state index contributed by atoms with van der Waals surface area (Å²) in [4.78, 5) is 24.6. The van der Waals surface area contributed by atoms with Gasteiger partial charge in [0.15, 0.2) is 5.82 Å². The number of nitrogens with zero attached hydrogens (tertiary/aromatic N) is 2. The van der Waals surface area contributed by atoms with E-state index in [0.29, 0.717) is 0 Å². The molecule has 0 bridgehead atoms. The number of ketones is 2. The summed E-state index contributed by atoms with van der Waals surface area (Å²) in [7, 11) is 0. The molecule has 5 heteroatoms. The Morgan fingerprint density at radius 3 is 2.70 bits per heavy atom. The Morgan fingerprint density at radius 1 is 1.60 bits per heavy atom. The van der Waals surface area contributed by atoms with E-state index in [9.17, 15) is 9.59 Å². The van der Waals surface area contributed by atoms with Crippen molar-refractivity contribution in [1.82, 2.24) is 15.2 Å². The van der Waals surface area contributed by atoms with Crippen molar-refractivity contribution in [3.05, 3.63) is 12.2 Å². The second-order valence-corrected chi connectivity index (χ2v) is 1.72. The Kier molecular flexibility index (Phi) is 1.57. The molecule has 1 heterocycles. The summed E-state index contributed by atoms with van der Waals surface area (Å²) in [5, 5.41) is 5.70. The molecule has 0 saturated heterocycles. The fourth-order valence-electron chi connectivity index (χ4n) is 0.482. The van der Waals surface area contributed by atoms with Gasteiger partial charge < -0.3 is 0 Å². The molecule has 5 nitrogen and oxygen atoms in total. The Morgan fingerprint density at radius 2 is 2.30 bits per heavy atom. The second kappa shape index (κ2) is 2.38. The minimum atomic E-state index is -0.641. The van der Waals surface area contributed by atoms with Crippen molar-refractivity contribution in [2.45, 2.75) is 6.92 Å². The molecule has 1 N–H and O–H groups in total. The van der Waals surface area contributed by atoms with Gasteiger partial charge in [-0.3, -0.25) is 14.7 Å². The van der Waals surface area contributed by atoms with Crippen LogP contribution in [0.5, 0.6) is 0 Å². The van der Waals surface area contributed by atoms with Gasteiger partial charge in [0.2, 0.25) is 5.78 Å². The average molecular weight is 139 g/mol. The summed E-state index contributed by atoms with van der Waals surface area (Å²) in [6.07, 6.45) is 1.18. The molecule has 0 atom stereocenters. The fraction of sp³-hybridized carbons (Fsp3) is 0.200. The first-order valence-corrected chi connectivity index (χ1v) is 2.62. The zero-order valence-corrected chi connectivity index (χ0v) is 5.29. The Balaban J connectivity index is 2.88. The van der Waals surface area contributed by atoms with Crippen LogP contribution in [0.4, 0.5) is 0 Å². The number of hydrogen-bond donors (Lipinski definition) is 1. The van der Waals surface area contributed by atoms with Crippen LogP contribution in [0.15, 0.2) is 6.33 Å². The number of carbonyl (C=O) groups excluding carboxylic acids is 2. The molecular weight excluding hydrogens is 134 g/mol. The van der Waals surface area contributed by atoms with Gasteiger partial charge in [-0.15, -0.1) is 0 Å². The van der Waals surface area contributed by atoms with Crippen molar-refractivity contribution in [1.29, 1.82) is 0 Å². The standard InChI is InChI=1S/C5H5N3O2/c1-3(9)4(10)5-6-2-7-8-5/h2H,1H3,(H,6,7,8). The minimum absolute atomic E-state index is 0.00694. The largest absolute Gasteiger partial charge is 0.291 e. The summed E-state index contributed by atoms with van der Waals surface area (Å²) >= 11 is 0. The van der Waals surface area contributed by atoms with Gasteiger partial charge in [-0.05, 0) is 0 Å². The number of aromatic amines is 1. The molecule has 0 amide bonds. The number of Topliss-reactive ketones (excluding diaryl/α,β-unsaturated/α-hetero) is 2.